The van der Waals surface area contributed by atoms with Gasteiger partial charge in [0.15, 0.2) is 12.0 Å². The van der Waals surface area contributed by atoms with Crippen molar-refractivity contribution < 1.29 is 33.5 Å². The van der Waals surface area contributed by atoms with E-state index in [1.54, 1.807) is 14.0 Å². The minimum atomic E-state index is -1.33. The Morgan fingerprint density at radius 2 is 1.33 bits per heavy atom. The van der Waals surface area contributed by atoms with Crippen LogP contribution in [0.4, 0.5) is 4.79 Å². The topological polar surface area (TPSA) is 149 Å². The number of hydrogen-bond acceptors (Lipinski definition) is 8. The molecular formula is C34H42N4O7. The summed E-state index contributed by atoms with van der Waals surface area (Å²) in [5, 5.41) is 6.67. The number of carbonyl (C=O) groups excluding carboxylic acids is 4. The summed E-state index contributed by atoms with van der Waals surface area (Å²) < 4.78 is 11.3. The molecule has 0 bridgehead atoms. The van der Waals surface area contributed by atoms with Crippen molar-refractivity contribution in [2.75, 3.05) is 14.2 Å². The highest BCUT2D eigenvalue weighted by molar-refractivity contribution is 5.91. The Morgan fingerprint density at radius 1 is 0.800 bits per heavy atom. The van der Waals surface area contributed by atoms with Gasteiger partial charge in [-0.3, -0.25) is 14.4 Å². The van der Waals surface area contributed by atoms with Crippen molar-refractivity contribution in [3.8, 4) is 0 Å². The summed E-state index contributed by atoms with van der Waals surface area (Å²) in [6, 6.07) is 25.7. The lowest BCUT2D eigenvalue weighted by atomic mass is 9.95. The third-order valence-electron chi connectivity index (χ3n) is 7.16. The smallest absolute Gasteiger partial charge is 0.408 e. The van der Waals surface area contributed by atoms with Gasteiger partial charge in [0.2, 0.25) is 11.8 Å². The van der Waals surface area contributed by atoms with Crippen LogP contribution < -0.4 is 16.4 Å². The highest BCUT2D eigenvalue weighted by atomic mass is 16.7. The summed E-state index contributed by atoms with van der Waals surface area (Å²) in [6.45, 7) is 1.88. The normalized spacial score (nSPS) is 13.7. The second kappa shape index (κ2) is 18.3. The maximum Gasteiger partial charge on any atom is 0.408 e. The fraction of sp³-hybridized carbons (Fsp3) is 0.353. The molecule has 0 radical (unpaired) electrons. The zero-order valence-electron chi connectivity index (χ0n) is 25.9. The first-order valence-electron chi connectivity index (χ1n) is 14.7. The zero-order valence-corrected chi connectivity index (χ0v) is 25.9. The Morgan fingerprint density at radius 3 is 1.87 bits per heavy atom. The van der Waals surface area contributed by atoms with Crippen LogP contribution in [0.1, 0.15) is 36.5 Å². The molecule has 0 aliphatic carbocycles. The molecule has 4 N–H and O–H groups in total. The number of alkyl carbamates (subject to hydrolysis) is 1. The monoisotopic (exact) mass is 618 g/mol. The van der Waals surface area contributed by atoms with Crippen LogP contribution in [0.2, 0.25) is 0 Å². The number of rotatable bonds is 18. The molecule has 0 fully saturated rings. The second-order valence-corrected chi connectivity index (χ2v) is 10.8. The molecule has 2 unspecified atom stereocenters. The van der Waals surface area contributed by atoms with Crippen molar-refractivity contribution in [2.45, 2.75) is 57.7 Å². The molecule has 0 aliphatic heterocycles. The number of Topliss-reactive ketones (excluding diaryl/α,β-unsaturated/α-hetero) is 1. The highest BCUT2D eigenvalue weighted by Crippen LogP contribution is 2.17. The van der Waals surface area contributed by atoms with E-state index in [1.807, 2.05) is 91.0 Å². The molecule has 3 aromatic carbocycles. The number of nitrogens with two attached hydrogens (primary N) is 1. The lowest BCUT2D eigenvalue weighted by Crippen LogP contribution is -2.53. The molecule has 11 nitrogen and oxygen atoms in total. The molecule has 0 saturated heterocycles. The van der Waals surface area contributed by atoms with Gasteiger partial charge in [0, 0.05) is 19.9 Å². The van der Waals surface area contributed by atoms with Crippen molar-refractivity contribution in [3.05, 3.63) is 108 Å². The van der Waals surface area contributed by atoms with Crippen LogP contribution in [-0.2, 0) is 48.3 Å². The summed E-state index contributed by atoms with van der Waals surface area (Å²) in [4.78, 5) is 57.1. The molecule has 0 heterocycles. The average molecular weight is 619 g/mol. The zero-order chi connectivity index (χ0) is 32.6. The number of hydroxylamine groups is 2. The van der Waals surface area contributed by atoms with Crippen LogP contribution in [0, 0.1) is 5.92 Å². The first-order chi connectivity index (χ1) is 21.7. The predicted molar refractivity (Wildman–Crippen MR) is 168 cm³/mol. The van der Waals surface area contributed by atoms with E-state index in [-0.39, 0.29) is 38.4 Å². The van der Waals surface area contributed by atoms with Crippen molar-refractivity contribution in [1.29, 1.82) is 0 Å². The number of ketones is 1. The molecule has 0 spiro atoms. The van der Waals surface area contributed by atoms with Gasteiger partial charge < -0.3 is 30.7 Å². The SMILES string of the molecule is CON(C)[C@@H](CC(C)CC(=O)C(NC(=O)[C@H](Cc1ccccc1)NC(=O)OCc1ccccc1)OCc1ccccc1)C(N)=O. The lowest BCUT2D eigenvalue weighted by Gasteiger charge is -2.27. The first-order valence-corrected chi connectivity index (χ1v) is 14.7. The van der Waals surface area contributed by atoms with Gasteiger partial charge in [-0.1, -0.05) is 97.9 Å². The van der Waals surface area contributed by atoms with Gasteiger partial charge in [-0.25, -0.2) is 4.79 Å². The summed E-state index contributed by atoms with van der Waals surface area (Å²) >= 11 is 0. The van der Waals surface area contributed by atoms with Gasteiger partial charge in [-0.15, -0.1) is 0 Å². The minimum Gasteiger partial charge on any atom is -0.445 e. The highest BCUT2D eigenvalue weighted by Gasteiger charge is 2.30. The van der Waals surface area contributed by atoms with Gasteiger partial charge in [-0.05, 0) is 29.0 Å². The number of hydrogen-bond donors (Lipinski definition) is 3. The first kappa shape index (κ1) is 34.9. The number of carbonyl (C=O) groups is 4. The number of ether oxygens (including phenoxy) is 2. The van der Waals surface area contributed by atoms with E-state index in [1.165, 1.54) is 12.2 Å². The predicted octanol–water partition coefficient (Wildman–Crippen LogP) is 3.52. The van der Waals surface area contributed by atoms with E-state index < -0.39 is 42.0 Å². The molecule has 3 amide bonds. The maximum atomic E-state index is 13.7. The van der Waals surface area contributed by atoms with E-state index >= 15 is 0 Å². The Hall–Kier alpha value is -4.58. The number of nitrogens with zero attached hydrogens (tertiary/aromatic N) is 1. The third-order valence-corrected chi connectivity index (χ3v) is 7.16. The number of benzene rings is 3. The van der Waals surface area contributed by atoms with Crippen molar-refractivity contribution in [3.63, 3.8) is 0 Å². The summed E-state index contributed by atoms with van der Waals surface area (Å²) in [5.74, 6) is -1.92. The number of nitrogens with one attached hydrogen (secondary N) is 2. The van der Waals surface area contributed by atoms with E-state index in [9.17, 15) is 19.2 Å². The van der Waals surface area contributed by atoms with Gasteiger partial charge in [-0.2, -0.15) is 5.06 Å². The van der Waals surface area contributed by atoms with Crippen molar-refractivity contribution in [2.24, 2.45) is 11.7 Å². The van der Waals surface area contributed by atoms with Crippen LogP contribution in [0.15, 0.2) is 91.0 Å². The fourth-order valence-corrected chi connectivity index (χ4v) is 4.65. The molecule has 45 heavy (non-hydrogen) atoms. The van der Waals surface area contributed by atoms with Gasteiger partial charge in [0.25, 0.3) is 0 Å². The molecule has 4 atom stereocenters. The molecule has 240 valence electrons. The standard InChI is InChI=1S/C34H42N4O7/c1-24(19-29(31(35)40)38(2)43-3)20-30(39)33(44-22-26-15-9-5-10-16-26)37-32(41)28(21-25-13-7-4-8-14-25)36-34(42)45-23-27-17-11-6-12-18-27/h4-18,24,28-29,33H,19-23H2,1-3H3,(H2,35,40)(H,36,42)(H,37,41)/t24?,28-,29-,33?/m0/s1. The van der Waals surface area contributed by atoms with E-state index in [0.29, 0.717) is 0 Å². The molecular weight excluding hydrogens is 576 g/mol. The van der Waals surface area contributed by atoms with E-state index in [2.05, 4.69) is 10.6 Å². The third kappa shape index (κ3) is 12.1. The average Bonchev–Trinajstić information content (AvgIpc) is 3.05. The molecule has 0 saturated carbocycles. The lowest BCUT2D eigenvalue weighted by molar-refractivity contribution is -0.161. The number of primary amides is 1. The van der Waals surface area contributed by atoms with Gasteiger partial charge >= 0.3 is 6.09 Å². The molecule has 11 heteroatoms. The van der Waals surface area contributed by atoms with Crippen LogP contribution in [0.5, 0.6) is 0 Å². The van der Waals surface area contributed by atoms with E-state index in [4.69, 9.17) is 20.0 Å². The van der Waals surface area contributed by atoms with Crippen LogP contribution in [0.3, 0.4) is 0 Å². The van der Waals surface area contributed by atoms with Crippen molar-refractivity contribution >= 4 is 23.7 Å². The summed E-state index contributed by atoms with van der Waals surface area (Å²) in [6.07, 6.45) is -1.73. The Labute approximate surface area is 264 Å². The summed E-state index contributed by atoms with van der Waals surface area (Å²) in [5.41, 5.74) is 7.94. The van der Waals surface area contributed by atoms with Crippen LogP contribution >= 0.6 is 0 Å². The molecule has 0 aromatic heterocycles. The van der Waals surface area contributed by atoms with Crippen LogP contribution in [0.25, 0.3) is 0 Å². The summed E-state index contributed by atoms with van der Waals surface area (Å²) in [7, 11) is 3.01. The molecule has 3 rings (SSSR count). The fourth-order valence-electron chi connectivity index (χ4n) is 4.65. The quantitative estimate of drug-likeness (QED) is 0.145. The van der Waals surface area contributed by atoms with Gasteiger partial charge in [0.1, 0.15) is 18.7 Å². The number of likely N-dealkylation sites (N-methyl/N-ethyl adjacent to an activating group) is 1. The second-order valence-electron chi connectivity index (χ2n) is 10.8. The van der Waals surface area contributed by atoms with E-state index in [0.717, 1.165) is 16.7 Å². The minimum absolute atomic E-state index is 0.0169. The maximum absolute atomic E-state index is 13.7. The van der Waals surface area contributed by atoms with Crippen molar-refractivity contribution in [1.82, 2.24) is 15.7 Å². The number of amides is 3. The van der Waals surface area contributed by atoms with Crippen LogP contribution in [-0.4, -0.2) is 61.2 Å². The Bertz CT molecular complexity index is 1360. The Kier molecular flexibility index (Phi) is 14.2. The molecule has 3 aromatic rings. The largest absolute Gasteiger partial charge is 0.445 e. The Balaban J connectivity index is 1.75. The van der Waals surface area contributed by atoms with Gasteiger partial charge in [0.05, 0.1) is 13.7 Å². The molecule has 0 aliphatic rings.